The number of carbonyl (C=O) groups excluding carboxylic acids is 2. The van der Waals surface area contributed by atoms with Crippen LogP contribution in [0.1, 0.15) is 15.9 Å². The van der Waals surface area contributed by atoms with Crippen molar-refractivity contribution in [3.05, 3.63) is 96.1 Å². The van der Waals surface area contributed by atoms with E-state index >= 15 is 0 Å². The number of carbonyl (C=O) groups is 2. The van der Waals surface area contributed by atoms with E-state index in [0.29, 0.717) is 5.56 Å². The molecule has 0 amide bonds. The van der Waals surface area contributed by atoms with Gasteiger partial charge in [-0.3, -0.25) is 0 Å². The predicted octanol–water partition coefficient (Wildman–Crippen LogP) is -0.469. The van der Waals surface area contributed by atoms with E-state index in [0.717, 1.165) is 18.2 Å². The Morgan fingerprint density at radius 1 is 0.571 bits per heavy atom. The molecule has 5 aromatic rings. The number of benzene rings is 4. The third kappa shape index (κ3) is 12.3. The molecule has 0 aliphatic carbocycles. The topological polar surface area (TPSA) is 401 Å². The van der Waals surface area contributed by atoms with Gasteiger partial charge < -0.3 is 114 Å². The van der Waals surface area contributed by atoms with Gasteiger partial charge in [0.1, 0.15) is 103 Å². The van der Waals surface area contributed by atoms with Crippen molar-refractivity contribution in [1.82, 2.24) is 0 Å². The summed E-state index contributed by atoms with van der Waals surface area (Å²) in [4.78, 5) is 25.9. The molecule has 3 aliphatic rings. The summed E-state index contributed by atoms with van der Waals surface area (Å²) < 4.78 is 63.4. The van der Waals surface area contributed by atoms with Crippen molar-refractivity contribution in [2.75, 3.05) is 34.0 Å². The summed E-state index contributed by atoms with van der Waals surface area (Å²) in [6.07, 6.45) is -26.1. The molecule has 3 saturated heterocycles. The van der Waals surface area contributed by atoms with Crippen molar-refractivity contribution in [1.29, 1.82) is 0 Å². The number of aliphatic hydroxyl groups excluding tert-OH is 9. The van der Waals surface area contributed by atoms with Crippen LogP contribution in [-0.4, -0.2) is 204 Å². The van der Waals surface area contributed by atoms with Gasteiger partial charge in [-0.25, -0.2) is 14.0 Å². The molecule has 26 heteroatoms. The number of esters is 2. The van der Waals surface area contributed by atoms with Gasteiger partial charge in [0.15, 0.2) is 35.4 Å². The molecular formula is C51H55O26+. The molecule has 0 spiro atoms. The highest BCUT2D eigenvalue weighted by molar-refractivity contribution is 5.90. The molecule has 4 aromatic carbocycles. The maximum absolute atomic E-state index is 13.1. The van der Waals surface area contributed by atoms with Crippen LogP contribution in [0.15, 0.2) is 89.4 Å². The summed E-state index contributed by atoms with van der Waals surface area (Å²) in [5.74, 6) is -3.92. The number of ether oxygens (including phenoxy) is 10. The highest BCUT2D eigenvalue weighted by Gasteiger charge is 2.53. The molecule has 77 heavy (non-hydrogen) atoms. The number of aliphatic hydroxyl groups is 9. The number of aromatic hydroxyl groups is 4. The van der Waals surface area contributed by atoms with Crippen LogP contribution in [0.2, 0.25) is 0 Å². The van der Waals surface area contributed by atoms with Crippen LogP contribution in [0, 0.1) is 0 Å². The van der Waals surface area contributed by atoms with Crippen molar-refractivity contribution in [2.24, 2.45) is 0 Å². The number of fused-ring (bicyclic) bond motifs is 1. The molecule has 3 aliphatic heterocycles. The number of rotatable bonds is 17. The molecule has 1 aromatic heterocycles. The number of hydrogen-bond acceptors (Lipinski definition) is 25. The Hall–Kier alpha value is -7.15. The number of phenols is 4. The van der Waals surface area contributed by atoms with Crippen LogP contribution in [0.3, 0.4) is 0 Å². The van der Waals surface area contributed by atoms with Crippen LogP contribution < -0.4 is 18.9 Å². The number of hydrogen-bond donors (Lipinski definition) is 13. The van der Waals surface area contributed by atoms with E-state index in [9.17, 15) is 76.0 Å². The fourth-order valence-corrected chi connectivity index (χ4v) is 8.41. The van der Waals surface area contributed by atoms with Crippen LogP contribution >= 0.6 is 0 Å². The fourth-order valence-electron chi connectivity index (χ4n) is 8.41. The Kier molecular flexibility index (Phi) is 17.5. The number of methoxy groups -OCH3 is 2. The monoisotopic (exact) mass is 1080 g/mol. The molecule has 15 atom stereocenters. The first-order valence-electron chi connectivity index (χ1n) is 23.5. The average molecular weight is 1080 g/mol. The van der Waals surface area contributed by atoms with Gasteiger partial charge in [0, 0.05) is 24.3 Å². The maximum atomic E-state index is 13.1. The Labute approximate surface area is 435 Å². The molecule has 13 N–H and O–H groups in total. The summed E-state index contributed by atoms with van der Waals surface area (Å²) in [5.41, 5.74) is 0.333. The zero-order valence-corrected chi connectivity index (χ0v) is 40.6. The van der Waals surface area contributed by atoms with E-state index < -0.39 is 130 Å². The summed E-state index contributed by atoms with van der Waals surface area (Å²) >= 11 is 0. The van der Waals surface area contributed by atoms with Crippen molar-refractivity contribution < 1.29 is 128 Å². The lowest BCUT2D eigenvalue weighted by Crippen LogP contribution is -2.65. The zero-order valence-electron chi connectivity index (χ0n) is 40.6. The highest BCUT2D eigenvalue weighted by atomic mass is 16.8. The van der Waals surface area contributed by atoms with Gasteiger partial charge in [0.05, 0.1) is 38.0 Å². The van der Waals surface area contributed by atoms with Crippen LogP contribution in [0.5, 0.6) is 46.0 Å². The summed E-state index contributed by atoms with van der Waals surface area (Å²) in [5, 5.41) is 139. The zero-order chi connectivity index (χ0) is 55.4. The van der Waals surface area contributed by atoms with Crippen LogP contribution in [-0.2, 0) is 33.2 Å². The first-order chi connectivity index (χ1) is 36.8. The molecule has 414 valence electrons. The largest absolute Gasteiger partial charge is 0.508 e. The Bertz CT molecular complexity index is 2900. The molecule has 4 heterocycles. The summed E-state index contributed by atoms with van der Waals surface area (Å²) in [7, 11) is 2.59. The van der Waals surface area contributed by atoms with Gasteiger partial charge in [-0.05, 0) is 60.2 Å². The molecule has 3 fully saturated rings. The van der Waals surface area contributed by atoms with E-state index in [1.165, 1.54) is 87.0 Å². The van der Waals surface area contributed by atoms with Gasteiger partial charge >= 0.3 is 23.3 Å². The van der Waals surface area contributed by atoms with Gasteiger partial charge in [-0.1, -0.05) is 6.07 Å². The lowest BCUT2D eigenvalue weighted by atomic mass is 9.97. The van der Waals surface area contributed by atoms with E-state index in [2.05, 4.69) is 0 Å². The molecular weight excluding hydrogens is 1030 g/mol. The first-order valence-corrected chi connectivity index (χ1v) is 23.5. The minimum Gasteiger partial charge on any atom is -0.508 e. The van der Waals surface area contributed by atoms with Crippen LogP contribution in [0.25, 0.3) is 28.4 Å². The van der Waals surface area contributed by atoms with Gasteiger partial charge in [0.2, 0.25) is 18.3 Å². The Balaban J connectivity index is 1.16. The molecule has 0 radical (unpaired) electrons. The Morgan fingerprint density at radius 3 is 1.83 bits per heavy atom. The highest BCUT2D eigenvalue weighted by Crippen LogP contribution is 2.44. The summed E-state index contributed by atoms with van der Waals surface area (Å²) in [6.45, 7) is -2.34. The summed E-state index contributed by atoms with van der Waals surface area (Å²) in [6, 6.07) is 16.5. The van der Waals surface area contributed by atoms with Crippen molar-refractivity contribution in [2.45, 2.75) is 92.1 Å². The fraction of sp³-hybridized carbons (Fsp3) is 0.392. The normalized spacial score (nSPS) is 29.4. The van der Waals surface area contributed by atoms with Crippen LogP contribution in [0.4, 0.5) is 0 Å². The second-order valence-corrected chi connectivity index (χ2v) is 17.8. The van der Waals surface area contributed by atoms with Gasteiger partial charge in [-0.15, -0.1) is 0 Å². The third-order valence-electron chi connectivity index (χ3n) is 12.7. The SMILES string of the molecule is COc1cc(C=CC(=O)OC[C@H]2O[C@H](Oc3cc4c(O[C@@H]5O[C@H](CO)[C@@H](O)[C@H](O)[C@H]5O)cc(O)cc4[o+]c3-c3ccc(O)c(OC)c3)[C@H](O[C@@H]3O[C@H](COC(=O)c4ccc(O)cc4)[C@@H](O)[C@H](O)[C@H]3O)[C@@H](O)[C@@H]2O)ccc1O. The van der Waals surface area contributed by atoms with E-state index in [1.54, 1.807) is 0 Å². The average Bonchev–Trinajstić information content (AvgIpc) is 3.46. The van der Waals surface area contributed by atoms with E-state index in [1.807, 2.05) is 0 Å². The molecule has 8 rings (SSSR count). The standard InChI is InChI=1S/C51H54O26/c1-67-31-13-21(3-10-27(31)55)4-12-37(57)69-19-35-40(60)43(63)47(77-50-45(65)42(62)39(59)36(75-50)20-70-48(66)22-5-8-24(53)9-6-22)51(76-35)73-33-17-26-29(71-46(33)23-7-11-28(56)32(14-23)68-2)15-25(54)16-30(26)72-49-44(64)41(61)38(58)34(18-52)74-49/h3-17,34-36,38-45,47,49-52,58-65H,18-20H2,1-2H3,(H3-,53,54,55,56,57,66)/p+1/t34-,35-,36-,38-,39-,40-,41+,42+,43+,44-,45-,47-,49-,50+,51+/m1/s1. The van der Waals surface area contributed by atoms with E-state index in [4.69, 9.17) is 51.8 Å². The van der Waals surface area contributed by atoms with Crippen molar-refractivity contribution >= 4 is 29.0 Å². The molecule has 26 nitrogen and oxygen atoms in total. The third-order valence-corrected chi connectivity index (χ3v) is 12.7. The minimum absolute atomic E-state index is 0.0119. The smallest absolute Gasteiger partial charge is 0.402 e. The van der Waals surface area contributed by atoms with Gasteiger partial charge in [0.25, 0.3) is 0 Å². The van der Waals surface area contributed by atoms with E-state index in [-0.39, 0.29) is 68.1 Å². The lowest BCUT2D eigenvalue weighted by molar-refractivity contribution is -0.357. The second kappa shape index (κ2) is 24.0. The Morgan fingerprint density at radius 2 is 1.16 bits per heavy atom. The molecule has 0 saturated carbocycles. The van der Waals surface area contributed by atoms with Crippen molar-refractivity contribution in [3.63, 3.8) is 0 Å². The number of phenolic OH excluding ortho intramolecular Hbond substituents is 4. The first kappa shape index (κ1) is 56.1. The van der Waals surface area contributed by atoms with Gasteiger partial charge in [-0.2, -0.15) is 0 Å². The second-order valence-electron chi connectivity index (χ2n) is 17.8. The molecule has 0 unspecified atom stereocenters. The lowest BCUT2D eigenvalue weighted by Gasteiger charge is -2.45. The van der Waals surface area contributed by atoms with Crippen molar-refractivity contribution in [3.8, 4) is 57.3 Å². The minimum atomic E-state index is -2.14. The molecule has 0 bridgehead atoms. The quantitative estimate of drug-likeness (QED) is 0.0318. The maximum Gasteiger partial charge on any atom is 0.402 e. The predicted molar refractivity (Wildman–Crippen MR) is 256 cm³/mol.